The van der Waals surface area contributed by atoms with Gasteiger partial charge in [-0.05, 0) is 35.4 Å². The fourth-order valence-corrected chi connectivity index (χ4v) is 3.93. The van der Waals surface area contributed by atoms with Crippen molar-refractivity contribution < 1.29 is 0 Å². The molecule has 2 aromatic rings. The fraction of sp³-hybridized carbons (Fsp3) is 0.294. The van der Waals surface area contributed by atoms with E-state index < -0.39 is 8.07 Å². The predicted octanol–water partition coefficient (Wildman–Crippen LogP) is 4.14. The van der Waals surface area contributed by atoms with Crippen LogP contribution in [0.25, 0.3) is 11.1 Å². The van der Waals surface area contributed by atoms with E-state index in [2.05, 4.69) is 80.7 Å². The monoisotopic (exact) mass is 287 g/mol. The van der Waals surface area contributed by atoms with E-state index in [4.69, 9.17) is 0 Å². The Balaban J connectivity index is 2.27. The average molecular weight is 288 g/mol. The molecule has 0 atom stereocenters. The van der Waals surface area contributed by atoms with Crippen LogP contribution in [0.2, 0.25) is 19.6 Å². The molecule has 0 nitrogen and oxygen atoms in total. The summed E-state index contributed by atoms with van der Waals surface area (Å²) in [4.78, 5) is 1.43. The van der Waals surface area contributed by atoms with Crippen LogP contribution in [0.4, 0.5) is 0 Å². The maximum Gasteiger partial charge on any atom is 0.154 e. The smallest absolute Gasteiger partial charge is 0.0656 e. The molecule has 0 saturated carbocycles. The zero-order chi connectivity index (χ0) is 14.0. The van der Waals surface area contributed by atoms with Gasteiger partial charge in [0.15, 0.2) is 4.90 Å². The van der Waals surface area contributed by atoms with E-state index in [0.29, 0.717) is 10.9 Å². The summed E-state index contributed by atoms with van der Waals surface area (Å²) in [7, 11) is -0.833. The van der Waals surface area contributed by atoms with Gasteiger partial charge in [-0.25, -0.2) is 0 Å². The molecule has 19 heavy (non-hydrogen) atoms. The minimum absolute atomic E-state index is 0.346. The van der Waals surface area contributed by atoms with Gasteiger partial charge in [0.2, 0.25) is 0 Å². The molecule has 0 bridgehead atoms. The molecule has 0 saturated heterocycles. The van der Waals surface area contributed by atoms with Crippen molar-refractivity contribution in [2.24, 2.45) is 0 Å². The van der Waals surface area contributed by atoms with Crippen molar-refractivity contribution in [1.82, 2.24) is 0 Å². The number of benzene rings is 2. The van der Waals surface area contributed by atoms with E-state index >= 15 is 0 Å². The largest absolute Gasteiger partial charge is 0.154 e. The standard InChI is InChI=1S/C17H23SSi/c1-18(2)16-10-6-14(7-11-16)15-8-12-17(13-9-15)19(3,4)5/h6-13H,1-5H3/q+1. The molecule has 0 heterocycles. The molecule has 2 aromatic carbocycles. The second-order valence-electron chi connectivity index (χ2n) is 6.17. The second-order valence-corrected chi connectivity index (χ2v) is 13.3. The van der Waals surface area contributed by atoms with Crippen molar-refractivity contribution in [3.8, 4) is 11.1 Å². The van der Waals surface area contributed by atoms with Gasteiger partial charge in [0.25, 0.3) is 0 Å². The first-order chi connectivity index (χ1) is 8.88. The molecular formula is C17H23SSi+. The van der Waals surface area contributed by atoms with Crippen molar-refractivity contribution in [3.05, 3.63) is 48.5 Å². The van der Waals surface area contributed by atoms with Crippen molar-refractivity contribution in [3.63, 3.8) is 0 Å². The first kappa shape index (κ1) is 14.4. The molecule has 0 aliphatic rings. The average Bonchev–Trinajstić information content (AvgIpc) is 2.38. The summed E-state index contributed by atoms with van der Waals surface area (Å²) in [6, 6.07) is 18.1. The SMILES string of the molecule is C[S+](C)c1ccc(-c2ccc([Si](C)(C)C)cc2)cc1. The van der Waals surface area contributed by atoms with Gasteiger partial charge in [-0.15, -0.1) is 0 Å². The van der Waals surface area contributed by atoms with Gasteiger partial charge in [-0.3, -0.25) is 0 Å². The Bertz CT molecular complexity index is 533. The quantitative estimate of drug-likeness (QED) is 0.588. The normalized spacial score (nSPS) is 11.9. The van der Waals surface area contributed by atoms with Crippen molar-refractivity contribution >= 4 is 24.2 Å². The van der Waals surface area contributed by atoms with Gasteiger partial charge in [-0.1, -0.05) is 49.1 Å². The molecule has 2 rings (SSSR count). The van der Waals surface area contributed by atoms with Crippen LogP contribution in [0.15, 0.2) is 53.4 Å². The zero-order valence-electron chi connectivity index (χ0n) is 12.5. The lowest BCUT2D eigenvalue weighted by Crippen LogP contribution is -2.37. The molecule has 0 spiro atoms. The van der Waals surface area contributed by atoms with Crippen molar-refractivity contribution in [2.75, 3.05) is 12.5 Å². The van der Waals surface area contributed by atoms with E-state index in [0.717, 1.165) is 0 Å². The lowest BCUT2D eigenvalue weighted by atomic mass is 10.1. The molecule has 0 fully saturated rings. The topological polar surface area (TPSA) is 0 Å². The molecular weight excluding hydrogens is 264 g/mol. The molecule has 100 valence electrons. The third-order valence-corrected chi connectivity index (χ3v) is 6.69. The highest BCUT2D eigenvalue weighted by Crippen LogP contribution is 2.21. The molecule has 0 N–H and O–H groups in total. The first-order valence-electron chi connectivity index (χ1n) is 6.66. The van der Waals surface area contributed by atoms with Crippen molar-refractivity contribution in [2.45, 2.75) is 24.5 Å². The number of rotatable bonds is 3. The highest BCUT2D eigenvalue weighted by atomic mass is 32.2. The van der Waals surface area contributed by atoms with E-state index in [-0.39, 0.29) is 0 Å². The van der Waals surface area contributed by atoms with E-state index in [9.17, 15) is 0 Å². The fourth-order valence-electron chi connectivity index (χ4n) is 2.08. The summed E-state index contributed by atoms with van der Waals surface area (Å²) >= 11 is 0. The maximum absolute atomic E-state index is 2.39. The van der Waals surface area contributed by atoms with Gasteiger partial charge >= 0.3 is 0 Å². The Labute approximate surface area is 121 Å². The zero-order valence-corrected chi connectivity index (χ0v) is 14.3. The third-order valence-electron chi connectivity index (χ3n) is 3.41. The number of hydrogen-bond acceptors (Lipinski definition) is 0. The van der Waals surface area contributed by atoms with E-state index in [1.807, 2.05) is 0 Å². The van der Waals surface area contributed by atoms with Crippen LogP contribution in [-0.2, 0) is 10.9 Å². The summed E-state index contributed by atoms with van der Waals surface area (Å²) in [5.41, 5.74) is 2.64. The number of hydrogen-bond donors (Lipinski definition) is 0. The molecule has 0 aliphatic carbocycles. The molecule has 0 aromatic heterocycles. The first-order valence-corrected chi connectivity index (χ1v) is 12.2. The summed E-state index contributed by atoms with van der Waals surface area (Å²) in [5.74, 6) is 0. The Kier molecular flexibility index (Phi) is 4.22. The molecule has 0 amide bonds. The van der Waals surface area contributed by atoms with Crippen molar-refractivity contribution in [1.29, 1.82) is 0 Å². The van der Waals surface area contributed by atoms with Gasteiger partial charge in [-0.2, -0.15) is 0 Å². The van der Waals surface area contributed by atoms with Crippen LogP contribution >= 0.6 is 0 Å². The minimum Gasteiger partial charge on any atom is -0.0656 e. The van der Waals surface area contributed by atoms with Crippen LogP contribution in [0, 0.1) is 0 Å². The van der Waals surface area contributed by atoms with Gasteiger partial charge in [0.1, 0.15) is 12.5 Å². The van der Waals surface area contributed by atoms with Crippen LogP contribution in [-0.4, -0.2) is 20.6 Å². The van der Waals surface area contributed by atoms with Crippen LogP contribution in [0.1, 0.15) is 0 Å². The molecule has 2 heteroatoms. The van der Waals surface area contributed by atoms with Gasteiger partial charge in [0, 0.05) is 10.9 Å². The summed E-state index contributed by atoms with van der Waals surface area (Å²) in [6.07, 6.45) is 4.52. The minimum atomic E-state index is -1.18. The highest BCUT2D eigenvalue weighted by molar-refractivity contribution is 7.95. The van der Waals surface area contributed by atoms with E-state index in [1.54, 1.807) is 0 Å². The lowest BCUT2D eigenvalue weighted by molar-refractivity contribution is 1.45. The van der Waals surface area contributed by atoms with Crippen LogP contribution in [0.3, 0.4) is 0 Å². The Morgan fingerprint density at radius 2 is 1.11 bits per heavy atom. The van der Waals surface area contributed by atoms with Crippen LogP contribution < -0.4 is 5.19 Å². The highest BCUT2D eigenvalue weighted by Gasteiger charge is 2.15. The summed E-state index contributed by atoms with van der Waals surface area (Å²) < 4.78 is 0. The third kappa shape index (κ3) is 3.52. The van der Waals surface area contributed by atoms with E-state index in [1.165, 1.54) is 21.2 Å². The lowest BCUT2D eigenvalue weighted by Gasteiger charge is -2.16. The molecule has 0 aliphatic heterocycles. The molecule has 0 radical (unpaired) electrons. The molecule has 0 unspecified atom stereocenters. The Hall–Kier alpha value is -0.993. The van der Waals surface area contributed by atoms with Crippen LogP contribution in [0.5, 0.6) is 0 Å². The Morgan fingerprint density at radius 1 is 0.684 bits per heavy atom. The summed E-state index contributed by atoms with van der Waals surface area (Å²) in [5, 5.41) is 1.52. The van der Waals surface area contributed by atoms with Gasteiger partial charge < -0.3 is 0 Å². The maximum atomic E-state index is 2.39. The van der Waals surface area contributed by atoms with Gasteiger partial charge in [0.05, 0.1) is 8.07 Å². The Morgan fingerprint density at radius 3 is 1.47 bits per heavy atom. The second kappa shape index (κ2) is 5.56. The summed E-state index contributed by atoms with van der Waals surface area (Å²) in [6.45, 7) is 7.17. The predicted molar refractivity (Wildman–Crippen MR) is 92.3 cm³/mol.